The summed E-state index contributed by atoms with van der Waals surface area (Å²) in [5, 5.41) is 10.2. The zero-order valence-electron chi connectivity index (χ0n) is 20.7. The average Bonchev–Trinajstić information content (AvgIpc) is 2.82. The summed E-state index contributed by atoms with van der Waals surface area (Å²) < 4.78 is 33.8. The smallest absolute Gasteiger partial charge is 0.281 e. The first kappa shape index (κ1) is 25.6. The zero-order chi connectivity index (χ0) is 26.9. The average molecular weight is 521 g/mol. The van der Waals surface area contributed by atoms with Gasteiger partial charge >= 0.3 is 0 Å². The normalized spacial score (nSPS) is 11.2. The number of aromatic hydroxyl groups is 1. The molecule has 4 N–H and O–H groups in total. The number of phenols is 1. The Bertz CT molecular complexity index is 1620. The standard InChI is InChI=1S/C27H26N4O5S.H2/c1-15-13-17(3)25(18(4)14-15)36-27-20(11-12-21(29-27)19-8-5-7-16(2)24(19)32)26(33)31-37(34,35)23-10-6-9-22(28)30-23;/h5-14,32H,1-4H3,(H2,28,30)(H,31,33);1H. The highest BCUT2D eigenvalue weighted by molar-refractivity contribution is 7.90. The molecule has 0 saturated heterocycles. The molecule has 4 aromatic rings. The number of nitrogens with one attached hydrogen (secondary N) is 1. The van der Waals surface area contributed by atoms with E-state index in [4.69, 9.17) is 10.5 Å². The molecule has 9 nitrogen and oxygen atoms in total. The third-order valence-corrected chi connectivity index (χ3v) is 6.90. The third-order valence-electron chi connectivity index (χ3n) is 5.67. The van der Waals surface area contributed by atoms with Crippen LogP contribution in [0, 0.1) is 27.7 Å². The van der Waals surface area contributed by atoms with Gasteiger partial charge in [-0.1, -0.05) is 35.9 Å². The van der Waals surface area contributed by atoms with Gasteiger partial charge in [0.15, 0.2) is 5.03 Å². The first-order valence-electron chi connectivity index (χ1n) is 11.3. The third kappa shape index (κ3) is 5.39. The Morgan fingerprint density at radius 3 is 2.30 bits per heavy atom. The van der Waals surface area contributed by atoms with Crippen LogP contribution in [-0.4, -0.2) is 29.4 Å². The van der Waals surface area contributed by atoms with Crippen molar-refractivity contribution in [2.45, 2.75) is 32.7 Å². The van der Waals surface area contributed by atoms with E-state index in [9.17, 15) is 18.3 Å². The molecule has 0 fully saturated rings. The molecule has 0 aliphatic heterocycles. The summed E-state index contributed by atoms with van der Waals surface area (Å²) in [6.07, 6.45) is 0. The van der Waals surface area contributed by atoms with Crippen molar-refractivity contribution in [2.24, 2.45) is 0 Å². The predicted octanol–water partition coefficient (Wildman–Crippen LogP) is 4.82. The number of sulfonamides is 1. The van der Waals surface area contributed by atoms with E-state index < -0.39 is 21.0 Å². The van der Waals surface area contributed by atoms with Gasteiger partial charge in [-0.15, -0.1) is 0 Å². The molecule has 0 aliphatic carbocycles. The molecule has 0 atom stereocenters. The number of nitrogens with two attached hydrogens (primary N) is 1. The second kappa shape index (κ2) is 9.90. The number of aromatic nitrogens is 2. The summed E-state index contributed by atoms with van der Waals surface area (Å²) in [7, 11) is -4.33. The molecule has 4 rings (SSSR count). The van der Waals surface area contributed by atoms with Gasteiger partial charge in [0.05, 0.1) is 5.69 Å². The fourth-order valence-corrected chi connectivity index (χ4v) is 4.88. The lowest BCUT2D eigenvalue weighted by atomic mass is 10.1. The number of phenolic OH excluding ortho intramolecular Hbond substituents is 1. The predicted molar refractivity (Wildman–Crippen MR) is 142 cm³/mol. The zero-order valence-corrected chi connectivity index (χ0v) is 21.6. The molecular formula is C27H28N4O5S. The minimum absolute atomic E-state index is 0. The summed E-state index contributed by atoms with van der Waals surface area (Å²) in [4.78, 5) is 21.5. The minimum Gasteiger partial charge on any atom is -0.507 e. The van der Waals surface area contributed by atoms with Gasteiger partial charge in [0.25, 0.3) is 15.9 Å². The van der Waals surface area contributed by atoms with Gasteiger partial charge in [-0.3, -0.25) is 4.79 Å². The van der Waals surface area contributed by atoms with Crippen LogP contribution in [0.5, 0.6) is 17.4 Å². The maximum atomic E-state index is 13.2. The Balaban J connectivity index is 0.00000400. The van der Waals surface area contributed by atoms with E-state index in [0.29, 0.717) is 22.6 Å². The van der Waals surface area contributed by atoms with Crippen LogP contribution in [0.1, 0.15) is 34.0 Å². The fourth-order valence-electron chi connectivity index (χ4n) is 3.94. The number of hydrogen-bond donors (Lipinski definition) is 3. The van der Waals surface area contributed by atoms with Crippen molar-refractivity contribution in [1.82, 2.24) is 14.7 Å². The lowest BCUT2D eigenvalue weighted by Crippen LogP contribution is -2.31. The molecule has 0 spiro atoms. The van der Waals surface area contributed by atoms with Gasteiger partial charge in [-0.2, -0.15) is 8.42 Å². The number of aryl methyl sites for hydroxylation is 4. The van der Waals surface area contributed by atoms with Crippen molar-refractivity contribution in [1.29, 1.82) is 0 Å². The van der Waals surface area contributed by atoms with Crippen molar-refractivity contribution in [3.63, 3.8) is 0 Å². The van der Waals surface area contributed by atoms with Gasteiger partial charge in [-0.05, 0) is 74.7 Å². The number of pyridine rings is 2. The van der Waals surface area contributed by atoms with Crippen LogP contribution in [-0.2, 0) is 10.0 Å². The van der Waals surface area contributed by atoms with Gasteiger partial charge in [-0.25, -0.2) is 14.7 Å². The molecule has 1 amide bonds. The van der Waals surface area contributed by atoms with Gasteiger partial charge < -0.3 is 15.6 Å². The molecule has 2 aromatic carbocycles. The summed E-state index contributed by atoms with van der Waals surface area (Å²) in [6.45, 7) is 7.44. The summed E-state index contributed by atoms with van der Waals surface area (Å²) >= 11 is 0. The highest BCUT2D eigenvalue weighted by Gasteiger charge is 2.25. The number of carbonyl (C=O) groups is 1. The highest BCUT2D eigenvalue weighted by Crippen LogP contribution is 2.35. The Labute approximate surface area is 216 Å². The largest absolute Gasteiger partial charge is 0.507 e. The Kier molecular flexibility index (Phi) is 6.86. The number of rotatable bonds is 6. The van der Waals surface area contributed by atoms with E-state index >= 15 is 0 Å². The van der Waals surface area contributed by atoms with Crippen molar-refractivity contribution < 1.29 is 24.5 Å². The van der Waals surface area contributed by atoms with Gasteiger partial charge in [0.2, 0.25) is 5.88 Å². The Hall–Kier alpha value is -4.44. The fraction of sp³-hybridized carbons (Fsp3) is 0.148. The van der Waals surface area contributed by atoms with Crippen LogP contribution in [0.4, 0.5) is 5.82 Å². The summed E-state index contributed by atoms with van der Waals surface area (Å²) in [5.74, 6) is -0.571. The molecule has 0 bridgehead atoms. The lowest BCUT2D eigenvalue weighted by molar-refractivity contribution is 0.0978. The quantitative estimate of drug-likeness (QED) is 0.328. The van der Waals surface area contributed by atoms with Crippen LogP contribution in [0.25, 0.3) is 11.3 Å². The maximum absolute atomic E-state index is 13.2. The number of carbonyl (C=O) groups excluding carboxylic acids is 1. The number of benzene rings is 2. The van der Waals surface area contributed by atoms with E-state index in [1.807, 2.05) is 37.6 Å². The molecular weight excluding hydrogens is 492 g/mol. The Morgan fingerprint density at radius 1 is 0.946 bits per heavy atom. The summed E-state index contributed by atoms with van der Waals surface area (Å²) in [6, 6.07) is 16.1. The number of nitrogens with zero attached hydrogens (tertiary/aromatic N) is 2. The Morgan fingerprint density at radius 2 is 1.62 bits per heavy atom. The van der Waals surface area contributed by atoms with Crippen molar-refractivity contribution in [2.75, 3.05) is 5.73 Å². The molecule has 37 heavy (non-hydrogen) atoms. The number of amides is 1. The van der Waals surface area contributed by atoms with E-state index in [1.54, 1.807) is 25.1 Å². The minimum atomic E-state index is -4.33. The van der Waals surface area contributed by atoms with Crippen LogP contribution >= 0.6 is 0 Å². The number of ether oxygens (including phenoxy) is 1. The first-order valence-corrected chi connectivity index (χ1v) is 12.8. The second-order valence-corrected chi connectivity index (χ2v) is 10.3. The maximum Gasteiger partial charge on any atom is 0.281 e. The van der Waals surface area contributed by atoms with Crippen molar-refractivity contribution >= 4 is 21.7 Å². The highest BCUT2D eigenvalue weighted by atomic mass is 32.2. The van der Waals surface area contributed by atoms with Gasteiger partial charge in [0, 0.05) is 6.99 Å². The molecule has 0 aliphatic rings. The second-order valence-electron chi connectivity index (χ2n) is 8.69. The first-order chi connectivity index (χ1) is 17.5. The number of anilines is 1. The molecule has 192 valence electrons. The van der Waals surface area contributed by atoms with E-state index in [2.05, 4.69) is 9.97 Å². The molecule has 2 heterocycles. The monoisotopic (exact) mass is 520 g/mol. The molecule has 0 unspecified atom stereocenters. The number of para-hydroxylation sites is 1. The van der Waals surface area contributed by atoms with E-state index in [1.165, 1.54) is 30.3 Å². The molecule has 0 radical (unpaired) electrons. The number of hydrogen-bond acceptors (Lipinski definition) is 8. The van der Waals surface area contributed by atoms with Crippen LogP contribution < -0.4 is 15.2 Å². The lowest BCUT2D eigenvalue weighted by Gasteiger charge is -2.16. The van der Waals surface area contributed by atoms with E-state index in [-0.39, 0.29) is 24.4 Å². The van der Waals surface area contributed by atoms with Gasteiger partial charge in [0.1, 0.15) is 22.9 Å². The molecule has 2 aromatic heterocycles. The molecule has 10 heteroatoms. The topological polar surface area (TPSA) is 144 Å². The number of nitrogen functional groups attached to an aromatic ring is 1. The van der Waals surface area contributed by atoms with Crippen molar-refractivity contribution in [3.05, 3.63) is 88.5 Å². The SMILES string of the molecule is Cc1cc(C)c(Oc2nc(-c3cccc(C)c3O)ccc2C(=O)NS(=O)(=O)c2cccc(N)n2)c(C)c1.[HH]. The van der Waals surface area contributed by atoms with Crippen LogP contribution in [0.2, 0.25) is 0 Å². The van der Waals surface area contributed by atoms with Crippen LogP contribution in [0.15, 0.2) is 65.7 Å². The van der Waals surface area contributed by atoms with E-state index in [0.717, 1.165) is 16.7 Å². The van der Waals surface area contributed by atoms with Crippen molar-refractivity contribution in [3.8, 4) is 28.6 Å². The van der Waals surface area contributed by atoms with Crippen LogP contribution in [0.3, 0.4) is 0 Å². The summed E-state index contributed by atoms with van der Waals surface area (Å²) in [5.41, 5.74) is 9.56. The molecule has 0 saturated carbocycles.